The van der Waals surface area contributed by atoms with Crippen LogP contribution in [0.4, 0.5) is 0 Å². The SMILES string of the molecule is CC[n+]1c(C=CC=C2N(C)C3=C(CCC(Br)=C3)C2(C)Cc2ccccc2)oc2ccccc21. The monoisotopic (exact) mass is 501 g/mol. The van der Waals surface area contributed by atoms with Gasteiger partial charge < -0.3 is 9.32 Å². The highest BCUT2D eigenvalue weighted by molar-refractivity contribution is 9.11. The Balaban J connectivity index is 1.54. The van der Waals surface area contributed by atoms with Gasteiger partial charge in [-0.1, -0.05) is 64.5 Å². The number of rotatable bonds is 5. The van der Waals surface area contributed by atoms with E-state index < -0.39 is 0 Å². The van der Waals surface area contributed by atoms with Gasteiger partial charge in [0.1, 0.15) is 6.54 Å². The van der Waals surface area contributed by atoms with Crippen molar-refractivity contribution >= 4 is 33.1 Å². The maximum Gasteiger partial charge on any atom is 0.374 e. The molecule has 1 unspecified atom stereocenters. The van der Waals surface area contributed by atoms with Crippen molar-refractivity contribution in [1.29, 1.82) is 0 Å². The van der Waals surface area contributed by atoms with Crippen molar-refractivity contribution in [3.05, 3.63) is 106 Å². The molecule has 3 aromatic rings. The lowest BCUT2D eigenvalue weighted by atomic mass is 9.73. The Morgan fingerprint density at radius 3 is 2.64 bits per heavy atom. The lowest BCUT2D eigenvalue weighted by molar-refractivity contribution is -0.674. The van der Waals surface area contributed by atoms with Gasteiger partial charge >= 0.3 is 5.89 Å². The minimum absolute atomic E-state index is 0.0470. The molecule has 0 spiro atoms. The molecule has 2 aliphatic rings. The van der Waals surface area contributed by atoms with Crippen molar-refractivity contribution in [3.8, 4) is 0 Å². The number of fused-ring (bicyclic) bond motifs is 1. The molecular formula is C29H30BrN2O+. The highest BCUT2D eigenvalue weighted by atomic mass is 79.9. The first-order valence-electron chi connectivity index (χ1n) is 11.7. The van der Waals surface area contributed by atoms with E-state index in [1.165, 1.54) is 27.0 Å². The van der Waals surface area contributed by atoms with Gasteiger partial charge in [-0.3, -0.25) is 0 Å². The van der Waals surface area contributed by atoms with E-state index in [0.717, 1.165) is 42.8 Å². The molecule has 0 radical (unpaired) electrons. The normalized spacial score (nSPS) is 22.0. The first-order chi connectivity index (χ1) is 16.0. The number of benzene rings is 2. The van der Waals surface area contributed by atoms with Crippen LogP contribution in [0.3, 0.4) is 0 Å². The number of hydrogen-bond acceptors (Lipinski definition) is 2. The number of para-hydroxylation sites is 2. The predicted molar refractivity (Wildman–Crippen MR) is 138 cm³/mol. The van der Waals surface area contributed by atoms with Crippen molar-refractivity contribution < 1.29 is 8.98 Å². The van der Waals surface area contributed by atoms with E-state index in [4.69, 9.17) is 4.42 Å². The van der Waals surface area contributed by atoms with E-state index >= 15 is 0 Å². The molecule has 1 aliphatic carbocycles. The van der Waals surface area contributed by atoms with Gasteiger partial charge in [0.05, 0.1) is 6.08 Å². The number of aryl methyl sites for hydroxylation is 1. The van der Waals surface area contributed by atoms with Crippen LogP contribution in [0, 0.1) is 5.41 Å². The lowest BCUT2D eigenvalue weighted by Crippen LogP contribution is -2.33. The van der Waals surface area contributed by atoms with Gasteiger partial charge in [0.15, 0.2) is 0 Å². The zero-order valence-corrected chi connectivity index (χ0v) is 21.1. The summed E-state index contributed by atoms with van der Waals surface area (Å²) in [6, 6.07) is 19.1. The molecule has 0 fully saturated rings. The molecule has 168 valence electrons. The molecule has 3 nitrogen and oxygen atoms in total. The summed E-state index contributed by atoms with van der Waals surface area (Å²) in [6.07, 6.45) is 12.0. The molecule has 1 aliphatic heterocycles. The van der Waals surface area contributed by atoms with Gasteiger partial charge in [-0.05, 0) is 66.9 Å². The van der Waals surface area contributed by atoms with Crippen LogP contribution in [0.25, 0.3) is 17.2 Å². The van der Waals surface area contributed by atoms with Crippen LogP contribution in [0.5, 0.6) is 0 Å². The molecule has 2 heterocycles. The summed E-state index contributed by atoms with van der Waals surface area (Å²) < 4.78 is 9.64. The highest BCUT2D eigenvalue weighted by Crippen LogP contribution is 2.53. The minimum Gasteiger partial charge on any atom is -0.398 e. The zero-order chi connectivity index (χ0) is 23.0. The van der Waals surface area contributed by atoms with Gasteiger partial charge in [-0.25, -0.2) is 0 Å². The van der Waals surface area contributed by atoms with Gasteiger partial charge in [0, 0.05) is 29.9 Å². The number of allylic oxidation sites excluding steroid dienone is 5. The molecule has 0 saturated carbocycles. The molecule has 0 amide bonds. The molecule has 2 aromatic carbocycles. The summed E-state index contributed by atoms with van der Waals surface area (Å²) in [7, 11) is 2.20. The summed E-state index contributed by atoms with van der Waals surface area (Å²) in [4.78, 5) is 2.37. The maximum atomic E-state index is 6.15. The van der Waals surface area contributed by atoms with Crippen molar-refractivity contribution in [2.75, 3.05) is 7.05 Å². The van der Waals surface area contributed by atoms with Crippen molar-refractivity contribution in [3.63, 3.8) is 0 Å². The Hall–Kier alpha value is -2.85. The molecule has 0 saturated heterocycles. The average molecular weight is 502 g/mol. The fraction of sp³-hybridized carbons (Fsp3) is 0.276. The number of likely N-dealkylation sites (N-methyl/N-ethyl adjacent to an activating group) is 1. The standard InChI is InChI=1S/C29H30BrN2O/c1-4-32-24-13-8-9-14-26(24)33-28(32)16-10-15-27-29(2,20-21-11-6-5-7-12-21)23-18-17-22(30)19-25(23)31(27)3/h5-16,19H,4,17-18,20H2,1-3H3/q+1. The van der Waals surface area contributed by atoms with Crippen LogP contribution < -0.4 is 4.57 Å². The molecular weight excluding hydrogens is 472 g/mol. The van der Waals surface area contributed by atoms with Crippen LogP contribution in [0.1, 0.15) is 38.1 Å². The Morgan fingerprint density at radius 2 is 1.85 bits per heavy atom. The Labute approximate surface area is 204 Å². The van der Waals surface area contributed by atoms with Gasteiger partial charge in [-0.2, -0.15) is 4.57 Å². The average Bonchev–Trinajstić information content (AvgIpc) is 3.27. The molecule has 0 bridgehead atoms. The first-order valence-corrected chi connectivity index (χ1v) is 12.5. The Bertz CT molecular complexity index is 1310. The fourth-order valence-electron chi connectivity index (χ4n) is 5.41. The number of halogens is 1. The van der Waals surface area contributed by atoms with Crippen molar-refractivity contribution in [2.24, 2.45) is 5.41 Å². The predicted octanol–water partition coefficient (Wildman–Crippen LogP) is 7.16. The van der Waals surface area contributed by atoms with Crippen LogP contribution in [0.15, 0.2) is 98.7 Å². The molecule has 5 rings (SSSR count). The summed E-state index contributed by atoms with van der Waals surface area (Å²) in [5.74, 6) is 0.876. The third-order valence-electron chi connectivity index (χ3n) is 7.02. The van der Waals surface area contributed by atoms with Crippen LogP contribution in [-0.4, -0.2) is 11.9 Å². The van der Waals surface area contributed by atoms with Crippen molar-refractivity contribution in [2.45, 2.75) is 39.7 Å². The van der Waals surface area contributed by atoms with E-state index in [1.54, 1.807) is 0 Å². The number of nitrogens with zero attached hydrogens (tertiary/aromatic N) is 2. The lowest BCUT2D eigenvalue weighted by Gasteiger charge is -2.31. The topological polar surface area (TPSA) is 20.3 Å². The maximum absolute atomic E-state index is 6.15. The van der Waals surface area contributed by atoms with Gasteiger partial charge in [0.2, 0.25) is 5.58 Å². The smallest absolute Gasteiger partial charge is 0.374 e. The summed E-state index contributed by atoms with van der Waals surface area (Å²) in [5.41, 5.74) is 7.56. The second kappa shape index (κ2) is 8.83. The quantitative estimate of drug-likeness (QED) is 0.345. The van der Waals surface area contributed by atoms with E-state index in [9.17, 15) is 0 Å². The third-order valence-corrected chi connectivity index (χ3v) is 7.64. The first kappa shape index (κ1) is 22.0. The summed E-state index contributed by atoms with van der Waals surface area (Å²) >= 11 is 3.74. The second-order valence-electron chi connectivity index (χ2n) is 9.07. The molecule has 1 atom stereocenters. The third kappa shape index (κ3) is 3.91. The molecule has 4 heteroatoms. The largest absolute Gasteiger partial charge is 0.398 e. The van der Waals surface area contributed by atoms with Crippen LogP contribution in [-0.2, 0) is 13.0 Å². The fourth-order valence-corrected chi connectivity index (χ4v) is 5.83. The Morgan fingerprint density at radius 1 is 1.09 bits per heavy atom. The van der Waals surface area contributed by atoms with E-state index in [0.29, 0.717) is 0 Å². The van der Waals surface area contributed by atoms with Crippen LogP contribution in [0.2, 0.25) is 0 Å². The highest BCUT2D eigenvalue weighted by Gasteiger charge is 2.44. The summed E-state index contributed by atoms with van der Waals surface area (Å²) in [5, 5.41) is 0. The number of oxazole rings is 1. The number of hydrogen-bond donors (Lipinski definition) is 0. The molecule has 1 aromatic heterocycles. The molecule has 0 N–H and O–H groups in total. The minimum atomic E-state index is -0.0470. The summed E-state index contributed by atoms with van der Waals surface area (Å²) in [6.45, 7) is 5.42. The van der Waals surface area contributed by atoms with Gasteiger partial charge in [0.25, 0.3) is 5.52 Å². The zero-order valence-electron chi connectivity index (χ0n) is 19.5. The second-order valence-corrected chi connectivity index (χ2v) is 10.1. The van der Waals surface area contributed by atoms with E-state index in [-0.39, 0.29) is 5.41 Å². The Kier molecular flexibility index (Phi) is 5.88. The molecule has 33 heavy (non-hydrogen) atoms. The van der Waals surface area contributed by atoms with E-state index in [2.05, 4.69) is 113 Å². The van der Waals surface area contributed by atoms with Crippen molar-refractivity contribution in [1.82, 2.24) is 4.90 Å². The number of aromatic nitrogens is 1. The van der Waals surface area contributed by atoms with Gasteiger partial charge in [-0.15, -0.1) is 0 Å². The van der Waals surface area contributed by atoms with Crippen LogP contribution >= 0.6 is 15.9 Å². The van der Waals surface area contributed by atoms with E-state index in [1.807, 2.05) is 12.1 Å².